The smallest absolute Gasteiger partial charge is 0.319 e. The summed E-state index contributed by atoms with van der Waals surface area (Å²) in [5.41, 5.74) is 1.13. The summed E-state index contributed by atoms with van der Waals surface area (Å²) in [7, 11) is 0. The molecule has 1 heterocycles. The van der Waals surface area contributed by atoms with E-state index in [1.54, 1.807) is 31.2 Å². The minimum atomic E-state index is -0.382. The highest BCUT2D eigenvalue weighted by Crippen LogP contribution is 2.08. The van der Waals surface area contributed by atoms with E-state index < -0.39 is 0 Å². The van der Waals surface area contributed by atoms with Gasteiger partial charge in [-0.05, 0) is 24.3 Å². The molecule has 0 aliphatic carbocycles. The average Bonchev–Trinajstić information content (AvgIpc) is 2.83. The number of benzene rings is 1. The third kappa shape index (κ3) is 3.54. The summed E-state index contributed by atoms with van der Waals surface area (Å²) in [4.78, 5) is 15.5. The van der Waals surface area contributed by atoms with Gasteiger partial charge in [-0.1, -0.05) is 5.16 Å². The van der Waals surface area contributed by atoms with Crippen molar-refractivity contribution in [1.29, 1.82) is 5.26 Å². The summed E-state index contributed by atoms with van der Waals surface area (Å²) in [6.07, 6.45) is 0. The molecule has 2 rings (SSSR count). The number of rotatable bonds is 3. The molecule has 0 bridgehead atoms. The van der Waals surface area contributed by atoms with Crippen molar-refractivity contribution in [3.63, 3.8) is 0 Å². The fourth-order valence-corrected chi connectivity index (χ4v) is 1.38. The molecule has 0 radical (unpaired) electrons. The van der Waals surface area contributed by atoms with Crippen molar-refractivity contribution in [2.75, 3.05) is 5.32 Å². The molecule has 1 aromatic carbocycles. The van der Waals surface area contributed by atoms with Gasteiger partial charge in [-0.3, -0.25) is 0 Å². The lowest BCUT2D eigenvalue weighted by Crippen LogP contribution is -2.28. The Bertz CT molecular complexity index is 612. The highest BCUT2D eigenvalue weighted by molar-refractivity contribution is 5.89. The number of aromatic nitrogens is 2. The van der Waals surface area contributed by atoms with Crippen LogP contribution in [0, 0.1) is 18.3 Å². The highest BCUT2D eigenvalue weighted by atomic mass is 16.5. The minimum absolute atomic E-state index is 0.180. The molecular formula is C12H11N5O2. The van der Waals surface area contributed by atoms with E-state index in [0.717, 1.165) is 0 Å². The Hall–Kier alpha value is -2.88. The van der Waals surface area contributed by atoms with Crippen LogP contribution in [0.3, 0.4) is 0 Å². The van der Waals surface area contributed by atoms with Crippen LogP contribution >= 0.6 is 0 Å². The van der Waals surface area contributed by atoms with Crippen molar-refractivity contribution < 1.29 is 9.32 Å². The summed E-state index contributed by atoms with van der Waals surface area (Å²) in [6, 6.07) is 8.16. The Morgan fingerprint density at radius 1 is 1.42 bits per heavy atom. The molecule has 96 valence electrons. The van der Waals surface area contributed by atoms with Crippen LogP contribution in [0.4, 0.5) is 10.5 Å². The fourth-order valence-electron chi connectivity index (χ4n) is 1.38. The van der Waals surface area contributed by atoms with Gasteiger partial charge in [0.1, 0.15) is 0 Å². The van der Waals surface area contributed by atoms with Crippen molar-refractivity contribution in [3.05, 3.63) is 41.5 Å². The third-order valence-corrected chi connectivity index (χ3v) is 2.25. The SMILES string of the molecule is Cc1nc(CNC(=O)Nc2ccc(C#N)cc2)no1. The number of nitrogens with zero attached hydrogens (tertiary/aromatic N) is 3. The normalized spacial score (nSPS) is 9.68. The van der Waals surface area contributed by atoms with E-state index in [9.17, 15) is 4.79 Å². The summed E-state index contributed by atoms with van der Waals surface area (Å²) < 4.78 is 4.78. The maximum Gasteiger partial charge on any atom is 0.319 e. The molecule has 0 saturated carbocycles. The van der Waals surface area contributed by atoms with Gasteiger partial charge < -0.3 is 15.2 Å². The number of anilines is 1. The van der Waals surface area contributed by atoms with Gasteiger partial charge in [-0.2, -0.15) is 10.2 Å². The van der Waals surface area contributed by atoms with Crippen LogP contribution in [-0.2, 0) is 6.54 Å². The zero-order valence-electron chi connectivity index (χ0n) is 10.2. The molecule has 0 aliphatic rings. The first kappa shape index (κ1) is 12.6. The lowest BCUT2D eigenvalue weighted by molar-refractivity contribution is 0.251. The predicted octanol–water partition coefficient (Wildman–Crippen LogP) is 1.57. The molecule has 2 amide bonds. The first-order valence-corrected chi connectivity index (χ1v) is 5.51. The standard InChI is InChI=1S/C12H11N5O2/c1-8-15-11(17-19-8)7-14-12(18)16-10-4-2-9(6-13)3-5-10/h2-5H,7H2,1H3,(H2,14,16,18). The molecular weight excluding hydrogens is 246 g/mol. The maximum absolute atomic E-state index is 11.6. The minimum Gasteiger partial charge on any atom is -0.340 e. The van der Waals surface area contributed by atoms with Crippen molar-refractivity contribution >= 4 is 11.7 Å². The number of amides is 2. The van der Waals surface area contributed by atoms with E-state index in [1.807, 2.05) is 6.07 Å². The van der Waals surface area contributed by atoms with Gasteiger partial charge in [0.2, 0.25) is 5.89 Å². The van der Waals surface area contributed by atoms with Crippen molar-refractivity contribution in [1.82, 2.24) is 15.5 Å². The third-order valence-electron chi connectivity index (χ3n) is 2.25. The Morgan fingerprint density at radius 2 is 2.16 bits per heavy atom. The number of hydrogen-bond acceptors (Lipinski definition) is 5. The highest BCUT2D eigenvalue weighted by Gasteiger charge is 2.05. The first-order valence-electron chi connectivity index (χ1n) is 5.51. The Balaban J connectivity index is 1.85. The van der Waals surface area contributed by atoms with Crippen LogP contribution in [-0.4, -0.2) is 16.2 Å². The summed E-state index contributed by atoms with van der Waals surface area (Å²) in [5, 5.41) is 17.5. The second-order valence-electron chi connectivity index (χ2n) is 3.73. The zero-order chi connectivity index (χ0) is 13.7. The van der Waals surface area contributed by atoms with Crippen LogP contribution < -0.4 is 10.6 Å². The zero-order valence-corrected chi connectivity index (χ0v) is 10.2. The number of carbonyl (C=O) groups is 1. The Morgan fingerprint density at radius 3 is 2.74 bits per heavy atom. The number of nitrogens with one attached hydrogen (secondary N) is 2. The first-order chi connectivity index (χ1) is 9.17. The van der Waals surface area contributed by atoms with E-state index in [2.05, 4.69) is 20.8 Å². The number of urea groups is 1. The molecule has 1 aromatic heterocycles. The van der Waals surface area contributed by atoms with E-state index in [-0.39, 0.29) is 12.6 Å². The number of nitriles is 1. The molecule has 2 N–H and O–H groups in total. The predicted molar refractivity (Wildman–Crippen MR) is 66.1 cm³/mol. The van der Waals surface area contributed by atoms with Crippen molar-refractivity contribution in [3.8, 4) is 6.07 Å². The number of aryl methyl sites for hydroxylation is 1. The number of carbonyl (C=O) groups excluding carboxylic acids is 1. The van der Waals surface area contributed by atoms with Gasteiger partial charge in [-0.25, -0.2) is 4.79 Å². The quantitative estimate of drug-likeness (QED) is 0.868. The van der Waals surface area contributed by atoms with E-state index >= 15 is 0 Å². The Labute approximate surface area is 109 Å². The van der Waals surface area contributed by atoms with Crippen molar-refractivity contribution in [2.24, 2.45) is 0 Å². The molecule has 0 aliphatic heterocycles. The molecule has 7 nitrogen and oxygen atoms in total. The second kappa shape index (κ2) is 5.64. The molecule has 0 spiro atoms. The van der Waals surface area contributed by atoms with Gasteiger partial charge >= 0.3 is 6.03 Å². The molecule has 0 unspecified atom stereocenters. The molecule has 7 heteroatoms. The van der Waals surface area contributed by atoms with Crippen LogP contribution in [0.2, 0.25) is 0 Å². The molecule has 0 atom stereocenters. The maximum atomic E-state index is 11.6. The van der Waals surface area contributed by atoms with Crippen LogP contribution in [0.25, 0.3) is 0 Å². The lowest BCUT2D eigenvalue weighted by atomic mass is 10.2. The fraction of sp³-hybridized carbons (Fsp3) is 0.167. The molecule has 2 aromatic rings. The van der Waals surface area contributed by atoms with Crippen LogP contribution in [0.15, 0.2) is 28.8 Å². The lowest BCUT2D eigenvalue weighted by Gasteiger charge is -2.05. The van der Waals surface area contributed by atoms with E-state index in [1.165, 1.54) is 0 Å². The topological polar surface area (TPSA) is 104 Å². The molecule has 19 heavy (non-hydrogen) atoms. The average molecular weight is 257 g/mol. The van der Waals surface area contributed by atoms with Gasteiger partial charge in [-0.15, -0.1) is 0 Å². The largest absolute Gasteiger partial charge is 0.340 e. The van der Waals surface area contributed by atoms with Gasteiger partial charge in [0.05, 0.1) is 18.2 Å². The van der Waals surface area contributed by atoms with Crippen molar-refractivity contribution in [2.45, 2.75) is 13.5 Å². The van der Waals surface area contributed by atoms with Gasteiger partial charge in [0.15, 0.2) is 5.82 Å². The van der Waals surface area contributed by atoms with E-state index in [0.29, 0.717) is 23.0 Å². The van der Waals surface area contributed by atoms with Crippen LogP contribution in [0.1, 0.15) is 17.3 Å². The van der Waals surface area contributed by atoms with Gasteiger partial charge in [0, 0.05) is 12.6 Å². The van der Waals surface area contributed by atoms with E-state index in [4.69, 9.17) is 9.78 Å². The summed E-state index contributed by atoms with van der Waals surface area (Å²) in [5.74, 6) is 0.858. The summed E-state index contributed by atoms with van der Waals surface area (Å²) >= 11 is 0. The Kier molecular flexibility index (Phi) is 3.73. The monoisotopic (exact) mass is 257 g/mol. The number of hydrogen-bond donors (Lipinski definition) is 2. The van der Waals surface area contributed by atoms with Gasteiger partial charge in [0.25, 0.3) is 0 Å². The molecule has 0 fully saturated rings. The molecule has 0 saturated heterocycles. The van der Waals surface area contributed by atoms with Crippen LogP contribution in [0.5, 0.6) is 0 Å². The second-order valence-corrected chi connectivity index (χ2v) is 3.73. The summed E-state index contributed by atoms with van der Waals surface area (Å²) in [6.45, 7) is 1.85.